The summed E-state index contributed by atoms with van der Waals surface area (Å²) in [5.41, 5.74) is 1.56. The lowest BCUT2D eigenvalue weighted by molar-refractivity contribution is -0.113. The second-order valence-electron chi connectivity index (χ2n) is 4.67. The highest BCUT2D eigenvalue weighted by atomic mass is 32.2. The Bertz CT molecular complexity index is 420. The lowest BCUT2D eigenvalue weighted by atomic mass is 10.2. The Kier molecular flexibility index (Phi) is 5.69. The third-order valence-electron chi connectivity index (χ3n) is 3.13. The summed E-state index contributed by atoms with van der Waals surface area (Å²) in [7, 11) is 0. The van der Waals surface area contributed by atoms with E-state index < -0.39 is 0 Å². The van der Waals surface area contributed by atoms with E-state index in [0.29, 0.717) is 11.0 Å². The molecule has 0 radical (unpaired) electrons. The molecular formula is C14H20N2O2S. The van der Waals surface area contributed by atoms with Crippen molar-refractivity contribution in [1.29, 1.82) is 0 Å². The van der Waals surface area contributed by atoms with Crippen LogP contribution in [0.5, 0.6) is 0 Å². The fraction of sp³-hybridized carbons (Fsp3) is 0.500. The molecule has 1 aromatic rings. The van der Waals surface area contributed by atoms with Crippen molar-refractivity contribution in [2.24, 2.45) is 0 Å². The van der Waals surface area contributed by atoms with Gasteiger partial charge in [0.2, 0.25) is 5.91 Å². The molecule has 0 spiro atoms. The zero-order chi connectivity index (χ0) is 13.5. The Morgan fingerprint density at radius 3 is 2.95 bits per heavy atom. The number of rotatable bonds is 5. The van der Waals surface area contributed by atoms with Gasteiger partial charge in [0.15, 0.2) is 0 Å². The van der Waals surface area contributed by atoms with Crippen LogP contribution in [-0.2, 0) is 11.4 Å². The largest absolute Gasteiger partial charge is 0.392 e. The second-order valence-corrected chi connectivity index (χ2v) is 5.96. The third-order valence-corrected chi connectivity index (χ3v) is 4.50. The van der Waals surface area contributed by atoms with Crippen molar-refractivity contribution in [2.45, 2.75) is 24.7 Å². The lowest BCUT2D eigenvalue weighted by Crippen LogP contribution is -2.30. The van der Waals surface area contributed by atoms with Gasteiger partial charge >= 0.3 is 0 Å². The quantitative estimate of drug-likeness (QED) is 0.767. The number of hydrogen-bond acceptors (Lipinski definition) is 4. The molecule has 0 bridgehead atoms. The molecule has 0 atom stereocenters. The first-order chi connectivity index (χ1) is 9.28. The van der Waals surface area contributed by atoms with E-state index >= 15 is 0 Å². The number of carbonyl (C=O) groups is 1. The van der Waals surface area contributed by atoms with Gasteiger partial charge in [0.05, 0.1) is 12.4 Å². The van der Waals surface area contributed by atoms with Crippen molar-refractivity contribution >= 4 is 23.4 Å². The average molecular weight is 280 g/mol. The van der Waals surface area contributed by atoms with Crippen LogP contribution in [0.2, 0.25) is 0 Å². The first-order valence-corrected chi connectivity index (χ1v) is 7.65. The highest BCUT2D eigenvalue weighted by Crippen LogP contribution is 2.20. The molecule has 1 saturated heterocycles. The Labute approximate surface area is 118 Å². The van der Waals surface area contributed by atoms with Gasteiger partial charge in [0, 0.05) is 10.9 Å². The fourth-order valence-corrected chi connectivity index (χ4v) is 3.13. The van der Waals surface area contributed by atoms with Crippen LogP contribution < -0.4 is 10.6 Å². The maximum absolute atomic E-state index is 11.8. The van der Waals surface area contributed by atoms with Gasteiger partial charge in [-0.05, 0) is 43.6 Å². The van der Waals surface area contributed by atoms with Gasteiger partial charge in [0.25, 0.3) is 0 Å². The molecule has 1 aliphatic heterocycles. The second kappa shape index (κ2) is 7.53. The van der Waals surface area contributed by atoms with Crippen LogP contribution in [-0.4, -0.2) is 35.1 Å². The number of aliphatic hydroxyl groups is 1. The molecule has 19 heavy (non-hydrogen) atoms. The molecule has 5 heteroatoms. The molecule has 0 unspecified atom stereocenters. The number of piperidine rings is 1. The smallest absolute Gasteiger partial charge is 0.234 e. The number of benzene rings is 1. The maximum atomic E-state index is 11.8. The molecule has 1 heterocycles. The third kappa shape index (κ3) is 4.86. The van der Waals surface area contributed by atoms with E-state index in [1.807, 2.05) is 18.2 Å². The van der Waals surface area contributed by atoms with Crippen LogP contribution in [0.4, 0.5) is 5.69 Å². The van der Waals surface area contributed by atoms with Gasteiger partial charge < -0.3 is 15.7 Å². The van der Waals surface area contributed by atoms with E-state index in [1.54, 1.807) is 17.8 Å². The Balaban J connectivity index is 1.76. The molecule has 3 N–H and O–H groups in total. The van der Waals surface area contributed by atoms with Gasteiger partial charge in [-0.15, -0.1) is 11.8 Å². The van der Waals surface area contributed by atoms with Crippen LogP contribution in [0.1, 0.15) is 18.4 Å². The van der Waals surface area contributed by atoms with E-state index in [2.05, 4.69) is 10.6 Å². The normalized spacial score (nSPS) is 16.3. The van der Waals surface area contributed by atoms with Crippen LogP contribution >= 0.6 is 11.8 Å². The van der Waals surface area contributed by atoms with Crippen molar-refractivity contribution < 1.29 is 9.90 Å². The average Bonchev–Trinajstić information content (AvgIpc) is 2.46. The summed E-state index contributed by atoms with van der Waals surface area (Å²) >= 11 is 1.73. The van der Waals surface area contributed by atoms with Crippen LogP contribution in [0, 0.1) is 0 Å². The molecule has 1 fully saturated rings. The van der Waals surface area contributed by atoms with E-state index in [4.69, 9.17) is 5.11 Å². The summed E-state index contributed by atoms with van der Waals surface area (Å²) in [6, 6.07) is 7.31. The van der Waals surface area contributed by atoms with Crippen molar-refractivity contribution in [3.8, 4) is 0 Å². The summed E-state index contributed by atoms with van der Waals surface area (Å²) < 4.78 is 0. The topological polar surface area (TPSA) is 61.4 Å². The Hall–Kier alpha value is -1.04. The zero-order valence-corrected chi connectivity index (χ0v) is 11.7. The van der Waals surface area contributed by atoms with Gasteiger partial charge in [-0.2, -0.15) is 0 Å². The summed E-state index contributed by atoms with van der Waals surface area (Å²) in [5, 5.41) is 15.8. The number of thioether (sulfide) groups is 1. The van der Waals surface area contributed by atoms with E-state index in [9.17, 15) is 4.79 Å². The summed E-state index contributed by atoms with van der Waals surface area (Å²) in [6.45, 7) is 2.10. The predicted molar refractivity (Wildman–Crippen MR) is 79.3 cm³/mol. The zero-order valence-electron chi connectivity index (χ0n) is 10.9. The molecule has 2 rings (SSSR count). The van der Waals surface area contributed by atoms with Gasteiger partial charge in [-0.3, -0.25) is 4.79 Å². The minimum Gasteiger partial charge on any atom is -0.392 e. The SMILES string of the molecule is O=C(CSC1CCNCC1)Nc1cccc(CO)c1. The number of carbonyl (C=O) groups excluding carboxylic acids is 1. The molecule has 4 nitrogen and oxygen atoms in total. The molecule has 1 aliphatic rings. The molecule has 0 aromatic heterocycles. The molecule has 1 aromatic carbocycles. The van der Waals surface area contributed by atoms with Crippen LogP contribution in [0.3, 0.4) is 0 Å². The number of nitrogens with one attached hydrogen (secondary N) is 2. The molecule has 104 valence electrons. The molecule has 0 saturated carbocycles. The highest BCUT2D eigenvalue weighted by molar-refractivity contribution is 8.00. The van der Waals surface area contributed by atoms with Crippen LogP contribution in [0.15, 0.2) is 24.3 Å². The first-order valence-electron chi connectivity index (χ1n) is 6.60. The van der Waals surface area contributed by atoms with Gasteiger partial charge in [0.1, 0.15) is 0 Å². The standard InChI is InChI=1S/C14H20N2O2S/c17-9-11-2-1-3-12(8-11)16-14(18)10-19-13-4-6-15-7-5-13/h1-3,8,13,15,17H,4-7,9-10H2,(H,16,18). The Morgan fingerprint density at radius 1 is 1.42 bits per heavy atom. The van der Waals surface area contributed by atoms with Gasteiger partial charge in [-0.1, -0.05) is 12.1 Å². The number of amides is 1. The minimum absolute atomic E-state index is 0.00641. The van der Waals surface area contributed by atoms with E-state index in [-0.39, 0.29) is 12.5 Å². The number of aliphatic hydroxyl groups excluding tert-OH is 1. The number of hydrogen-bond donors (Lipinski definition) is 3. The Morgan fingerprint density at radius 2 is 2.21 bits per heavy atom. The summed E-state index contributed by atoms with van der Waals surface area (Å²) in [6.07, 6.45) is 2.27. The fourth-order valence-electron chi connectivity index (χ4n) is 2.10. The molecular weight excluding hydrogens is 260 g/mol. The lowest BCUT2D eigenvalue weighted by Gasteiger charge is -2.21. The number of anilines is 1. The molecule has 0 aliphatic carbocycles. The predicted octanol–water partition coefficient (Wildman–Crippen LogP) is 1.60. The van der Waals surface area contributed by atoms with Crippen molar-refractivity contribution in [1.82, 2.24) is 5.32 Å². The molecule has 1 amide bonds. The van der Waals surface area contributed by atoms with Crippen molar-refractivity contribution in [3.63, 3.8) is 0 Å². The minimum atomic E-state index is -0.00641. The van der Waals surface area contributed by atoms with Gasteiger partial charge in [-0.25, -0.2) is 0 Å². The van der Waals surface area contributed by atoms with Crippen molar-refractivity contribution in [2.75, 3.05) is 24.2 Å². The van der Waals surface area contributed by atoms with Crippen LogP contribution in [0.25, 0.3) is 0 Å². The van der Waals surface area contributed by atoms with E-state index in [0.717, 1.165) is 37.2 Å². The van der Waals surface area contributed by atoms with E-state index in [1.165, 1.54) is 0 Å². The summed E-state index contributed by atoms with van der Waals surface area (Å²) in [4.78, 5) is 11.8. The highest BCUT2D eigenvalue weighted by Gasteiger charge is 2.14. The van der Waals surface area contributed by atoms with Crippen molar-refractivity contribution in [3.05, 3.63) is 29.8 Å². The summed E-state index contributed by atoms with van der Waals surface area (Å²) in [5.74, 6) is 0.521. The maximum Gasteiger partial charge on any atom is 0.234 e. The monoisotopic (exact) mass is 280 g/mol. The first kappa shape index (κ1) is 14.4.